The Labute approximate surface area is 139 Å². The first kappa shape index (κ1) is 16.3. The second-order valence-electron chi connectivity index (χ2n) is 7.71. The maximum absolute atomic E-state index is 11.8. The van der Waals surface area contributed by atoms with E-state index in [1.807, 2.05) is 19.9 Å². The van der Waals surface area contributed by atoms with Gasteiger partial charge in [-0.15, -0.1) is 0 Å². The van der Waals surface area contributed by atoms with Crippen molar-refractivity contribution in [1.82, 2.24) is 10.6 Å². The molecule has 4 nitrogen and oxygen atoms in total. The molecule has 2 fully saturated rings. The Kier molecular flexibility index (Phi) is 4.62. The fraction of sp³-hybridized carbons (Fsp3) is 0.632. The zero-order valence-electron chi connectivity index (χ0n) is 14.4. The molecule has 3 rings (SSSR count). The molecule has 23 heavy (non-hydrogen) atoms. The first-order chi connectivity index (χ1) is 11.0. The van der Waals surface area contributed by atoms with E-state index in [4.69, 9.17) is 4.74 Å². The highest BCUT2D eigenvalue weighted by Gasteiger charge is 2.36. The predicted molar refractivity (Wildman–Crippen MR) is 91.7 cm³/mol. The standard InChI is InChI=1S/C19H28N2O2/c1-19(2)10-13(12-21-18(19)22)11-20-16-7-15(8-16)14-5-4-6-17(9-14)23-3/h4-6,9,13,15-16,20H,7-8,10-12H2,1-3H3,(H,21,22). The van der Waals surface area contributed by atoms with Crippen LogP contribution in [-0.2, 0) is 4.79 Å². The van der Waals surface area contributed by atoms with Crippen LogP contribution in [0.4, 0.5) is 0 Å². The number of amides is 1. The van der Waals surface area contributed by atoms with Crippen LogP contribution < -0.4 is 15.4 Å². The lowest BCUT2D eigenvalue weighted by molar-refractivity contribution is -0.132. The van der Waals surface area contributed by atoms with Gasteiger partial charge in [0.15, 0.2) is 0 Å². The molecule has 1 aliphatic carbocycles. The van der Waals surface area contributed by atoms with Gasteiger partial charge in [0.2, 0.25) is 5.91 Å². The average Bonchev–Trinajstić information content (AvgIpc) is 2.49. The van der Waals surface area contributed by atoms with Crippen LogP contribution in [0.25, 0.3) is 0 Å². The lowest BCUT2D eigenvalue weighted by Crippen LogP contribution is -2.51. The van der Waals surface area contributed by atoms with E-state index in [0.717, 1.165) is 25.3 Å². The van der Waals surface area contributed by atoms with Crippen LogP contribution in [-0.4, -0.2) is 32.1 Å². The van der Waals surface area contributed by atoms with Crippen molar-refractivity contribution in [3.63, 3.8) is 0 Å². The maximum atomic E-state index is 11.8. The van der Waals surface area contributed by atoms with Crippen LogP contribution in [0.2, 0.25) is 0 Å². The number of piperidine rings is 1. The zero-order valence-corrected chi connectivity index (χ0v) is 14.4. The van der Waals surface area contributed by atoms with Crippen molar-refractivity contribution < 1.29 is 9.53 Å². The van der Waals surface area contributed by atoms with Crippen LogP contribution in [0, 0.1) is 11.3 Å². The average molecular weight is 316 g/mol. The smallest absolute Gasteiger partial charge is 0.225 e. The van der Waals surface area contributed by atoms with Gasteiger partial charge in [-0.25, -0.2) is 0 Å². The quantitative estimate of drug-likeness (QED) is 0.878. The third-order valence-corrected chi connectivity index (χ3v) is 5.36. The van der Waals surface area contributed by atoms with Gasteiger partial charge in [-0.3, -0.25) is 4.79 Å². The molecule has 1 aliphatic heterocycles. The highest BCUT2D eigenvalue weighted by atomic mass is 16.5. The minimum atomic E-state index is -0.229. The summed E-state index contributed by atoms with van der Waals surface area (Å²) in [6, 6.07) is 9.02. The lowest BCUT2D eigenvalue weighted by atomic mass is 9.75. The molecule has 0 bridgehead atoms. The van der Waals surface area contributed by atoms with Crippen molar-refractivity contribution in [2.24, 2.45) is 11.3 Å². The van der Waals surface area contributed by atoms with Crippen molar-refractivity contribution in [2.45, 2.75) is 45.1 Å². The number of nitrogens with one attached hydrogen (secondary N) is 2. The molecule has 2 N–H and O–H groups in total. The fourth-order valence-electron chi connectivity index (χ4n) is 3.79. The van der Waals surface area contributed by atoms with E-state index < -0.39 is 0 Å². The Bertz CT molecular complexity index is 564. The summed E-state index contributed by atoms with van der Waals surface area (Å²) in [5.41, 5.74) is 1.15. The van der Waals surface area contributed by atoms with Gasteiger partial charge >= 0.3 is 0 Å². The summed E-state index contributed by atoms with van der Waals surface area (Å²) in [5.74, 6) is 2.32. The van der Waals surface area contributed by atoms with Crippen molar-refractivity contribution >= 4 is 5.91 Å². The van der Waals surface area contributed by atoms with Gasteiger partial charge in [0, 0.05) is 18.0 Å². The SMILES string of the molecule is COc1cccc(C2CC(NCC3CNC(=O)C(C)(C)C3)C2)c1. The number of rotatable bonds is 5. The number of hydrogen-bond donors (Lipinski definition) is 2. The van der Waals surface area contributed by atoms with Gasteiger partial charge in [0.1, 0.15) is 5.75 Å². The normalized spacial score (nSPS) is 29.5. The molecule has 1 atom stereocenters. The Balaban J connectivity index is 1.43. The summed E-state index contributed by atoms with van der Waals surface area (Å²) in [6.45, 7) is 5.88. The number of hydrogen-bond acceptors (Lipinski definition) is 3. The maximum Gasteiger partial charge on any atom is 0.225 e. The highest BCUT2D eigenvalue weighted by Crippen LogP contribution is 2.38. The van der Waals surface area contributed by atoms with Crippen LogP contribution in [0.1, 0.15) is 44.6 Å². The van der Waals surface area contributed by atoms with Crippen LogP contribution >= 0.6 is 0 Å². The summed E-state index contributed by atoms with van der Waals surface area (Å²) < 4.78 is 5.31. The number of carbonyl (C=O) groups is 1. The minimum Gasteiger partial charge on any atom is -0.497 e. The molecule has 126 valence electrons. The van der Waals surface area contributed by atoms with E-state index in [2.05, 4.69) is 28.8 Å². The van der Waals surface area contributed by atoms with E-state index in [0.29, 0.717) is 17.9 Å². The second kappa shape index (κ2) is 6.52. The Hall–Kier alpha value is -1.55. The minimum absolute atomic E-state index is 0.190. The Morgan fingerprint density at radius 2 is 2.13 bits per heavy atom. The van der Waals surface area contributed by atoms with Gasteiger partial charge in [-0.1, -0.05) is 26.0 Å². The van der Waals surface area contributed by atoms with Crippen molar-refractivity contribution in [3.8, 4) is 5.75 Å². The number of benzene rings is 1. The first-order valence-electron chi connectivity index (χ1n) is 8.63. The molecule has 1 unspecified atom stereocenters. The third-order valence-electron chi connectivity index (χ3n) is 5.36. The molecule has 1 aromatic rings. The van der Waals surface area contributed by atoms with E-state index >= 15 is 0 Å². The van der Waals surface area contributed by atoms with Gasteiger partial charge < -0.3 is 15.4 Å². The first-order valence-corrected chi connectivity index (χ1v) is 8.63. The van der Waals surface area contributed by atoms with Crippen molar-refractivity contribution in [1.29, 1.82) is 0 Å². The zero-order chi connectivity index (χ0) is 16.4. The number of methoxy groups -OCH3 is 1. The van der Waals surface area contributed by atoms with Crippen LogP contribution in [0.5, 0.6) is 5.75 Å². The molecule has 0 radical (unpaired) electrons. The molecular weight excluding hydrogens is 288 g/mol. The summed E-state index contributed by atoms with van der Waals surface area (Å²) >= 11 is 0. The van der Waals surface area contributed by atoms with E-state index in [-0.39, 0.29) is 11.3 Å². The second-order valence-corrected chi connectivity index (χ2v) is 7.71. The molecule has 2 aliphatic rings. The number of ether oxygens (including phenoxy) is 1. The van der Waals surface area contributed by atoms with Gasteiger partial charge in [-0.05, 0) is 55.3 Å². The summed E-state index contributed by atoms with van der Waals surface area (Å²) in [6.07, 6.45) is 3.35. The predicted octanol–water partition coefficient (Wildman–Crippen LogP) is 2.69. The molecular formula is C19H28N2O2. The Morgan fingerprint density at radius 3 is 2.83 bits per heavy atom. The monoisotopic (exact) mass is 316 g/mol. The van der Waals surface area contributed by atoms with E-state index in [9.17, 15) is 4.79 Å². The molecule has 1 saturated carbocycles. The largest absolute Gasteiger partial charge is 0.497 e. The van der Waals surface area contributed by atoms with Crippen molar-refractivity contribution in [2.75, 3.05) is 20.2 Å². The van der Waals surface area contributed by atoms with Crippen molar-refractivity contribution in [3.05, 3.63) is 29.8 Å². The van der Waals surface area contributed by atoms with Crippen LogP contribution in [0.15, 0.2) is 24.3 Å². The number of carbonyl (C=O) groups excluding carboxylic acids is 1. The molecule has 1 heterocycles. The lowest BCUT2D eigenvalue weighted by Gasteiger charge is -2.39. The highest BCUT2D eigenvalue weighted by molar-refractivity contribution is 5.82. The fourth-order valence-corrected chi connectivity index (χ4v) is 3.79. The van der Waals surface area contributed by atoms with Gasteiger partial charge in [-0.2, -0.15) is 0 Å². The summed E-state index contributed by atoms with van der Waals surface area (Å²) in [4.78, 5) is 11.8. The third kappa shape index (κ3) is 3.69. The molecule has 0 aromatic heterocycles. The van der Waals surface area contributed by atoms with E-state index in [1.54, 1.807) is 7.11 Å². The molecule has 4 heteroatoms. The summed E-state index contributed by atoms with van der Waals surface area (Å²) in [5, 5.41) is 6.72. The Morgan fingerprint density at radius 1 is 1.35 bits per heavy atom. The summed E-state index contributed by atoms with van der Waals surface area (Å²) in [7, 11) is 1.72. The molecule has 1 aromatic carbocycles. The molecule has 1 amide bonds. The molecule has 1 saturated heterocycles. The van der Waals surface area contributed by atoms with Gasteiger partial charge in [0.05, 0.1) is 7.11 Å². The van der Waals surface area contributed by atoms with E-state index in [1.165, 1.54) is 18.4 Å². The van der Waals surface area contributed by atoms with Crippen LogP contribution in [0.3, 0.4) is 0 Å². The topological polar surface area (TPSA) is 50.4 Å². The molecule has 0 spiro atoms. The van der Waals surface area contributed by atoms with Gasteiger partial charge in [0.25, 0.3) is 0 Å².